The van der Waals surface area contributed by atoms with E-state index < -0.39 is 69.9 Å². The van der Waals surface area contributed by atoms with Gasteiger partial charge in [-0.25, -0.2) is 4.79 Å². The molecule has 0 aliphatic carbocycles. The first-order chi connectivity index (χ1) is 18.8. The Morgan fingerprint density at radius 2 is 1.55 bits per heavy atom. The maximum atomic E-state index is 13.3. The molecule has 13 nitrogen and oxygen atoms in total. The van der Waals surface area contributed by atoms with Crippen LogP contribution in [0.5, 0.6) is 46.0 Å². The molecule has 14 heteroatoms. The number of carboxylic acid groups (broad SMARTS) is 1. The molecule has 0 saturated carbocycles. The van der Waals surface area contributed by atoms with Crippen molar-refractivity contribution in [2.45, 2.75) is 30.4 Å². The predicted octanol–water partition coefficient (Wildman–Crippen LogP) is 2.48. The highest BCUT2D eigenvalue weighted by molar-refractivity contribution is 7.99. The van der Waals surface area contributed by atoms with E-state index >= 15 is 0 Å². The lowest BCUT2D eigenvalue weighted by atomic mass is 9.92. The molecule has 3 aromatic carbocycles. The Kier molecular flexibility index (Phi) is 7.66. The molecule has 4 atom stereocenters. The lowest BCUT2D eigenvalue weighted by Gasteiger charge is -2.39. The largest absolute Gasteiger partial charge is 0.508 e. The number of benzene rings is 3. The number of carboxylic acids is 1. The highest BCUT2D eigenvalue weighted by Gasteiger charge is 2.45. The number of aryl methyl sites for hydroxylation is 1. The number of nitrogens with two attached hydrogens (primary N) is 1. The fraction of sp³-hybridized carbons (Fsp3) is 0.231. The summed E-state index contributed by atoms with van der Waals surface area (Å²) in [5.41, 5.74) is 5.72. The highest BCUT2D eigenvalue weighted by Crippen LogP contribution is 2.54. The number of phenols is 7. The van der Waals surface area contributed by atoms with E-state index in [-0.39, 0.29) is 39.5 Å². The minimum atomic E-state index is -1.42. The van der Waals surface area contributed by atoms with Gasteiger partial charge in [-0.1, -0.05) is 0 Å². The molecule has 40 heavy (non-hydrogen) atoms. The van der Waals surface area contributed by atoms with Crippen molar-refractivity contribution in [1.82, 2.24) is 0 Å². The van der Waals surface area contributed by atoms with Gasteiger partial charge in [0.1, 0.15) is 23.3 Å². The first kappa shape index (κ1) is 28.3. The number of phenolic OH excluding ortho intramolecular Hbond substituents is 7. The van der Waals surface area contributed by atoms with Crippen LogP contribution in [-0.4, -0.2) is 70.7 Å². The molecule has 0 saturated heterocycles. The Morgan fingerprint density at radius 3 is 2.15 bits per heavy atom. The summed E-state index contributed by atoms with van der Waals surface area (Å²) in [6, 6.07) is 5.10. The molecule has 212 valence electrons. The average molecular weight is 576 g/mol. The molecular formula is C26H25NO12S. The summed E-state index contributed by atoms with van der Waals surface area (Å²) in [5.74, 6) is -6.82. The summed E-state index contributed by atoms with van der Waals surface area (Å²) in [6.07, 6.45) is -2.78. The standard InChI is InChI=1S/C26H25NO12S/c1-9-2-11(5-15(30)20(9)33)26(37)39-23-22(10-3-16(31)21(34)17(32)4-10)38-18-7-12(28)6-14(29)19(18)24(23)40-8-13(27)25(35)36/h2-7,13,22-24,28-34H,8,27H2,1H3,(H,35,36)/t13-,22+,23-,24-/m0/s1. The van der Waals surface area contributed by atoms with Gasteiger partial charge >= 0.3 is 11.9 Å². The normalized spacial score (nSPS) is 18.8. The van der Waals surface area contributed by atoms with Crippen LogP contribution >= 0.6 is 11.8 Å². The van der Waals surface area contributed by atoms with E-state index in [9.17, 15) is 50.4 Å². The van der Waals surface area contributed by atoms with Crippen LogP contribution in [-0.2, 0) is 9.53 Å². The number of carbonyl (C=O) groups excluding carboxylic acids is 1. The highest BCUT2D eigenvalue weighted by atomic mass is 32.2. The van der Waals surface area contributed by atoms with Gasteiger partial charge < -0.3 is 56.1 Å². The van der Waals surface area contributed by atoms with E-state index in [0.29, 0.717) is 0 Å². The van der Waals surface area contributed by atoms with Crippen LogP contribution in [0.15, 0.2) is 36.4 Å². The summed E-state index contributed by atoms with van der Waals surface area (Å²) in [5, 5.41) is 79.0. The minimum Gasteiger partial charge on any atom is -0.508 e. The van der Waals surface area contributed by atoms with Gasteiger partial charge in [-0.05, 0) is 36.8 Å². The molecule has 0 fully saturated rings. The van der Waals surface area contributed by atoms with Crippen LogP contribution in [0.3, 0.4) is 0 Å². The summed E-state index contributed by atoms with van der Waals surface area (Å²) in [4.78, 5) is 24.7. The molecule has 0 bridgehead atoms. The molecule has 4 rings (SSSR count). The van der Waals surface area contributed by atoms with Gasteiger partial charge in [0, 0.05) is 23.4 Å². The zero-order valence-electron chi connectivity index (χ0n) is 20.7. The molecular weight excluding hydrogens is 550 g/mol. The van der Waals surface area contributed by atoms with Crippen molar-refractivity contribution in [3.8, 4) is 46.0 Å². The first-order valence-electron chi connectivity index (χ1n) is 11.6. The van der Waals surface area contributed by atoms with Gasteiger partial charge in [-0.15, -0.1) is 11.8 Å². The number of fused-ring (bicyclic) bond motifs is 1. The molecule has 3 aromatic rings. The van der Waals surface area contributed by atoms with Crippen LogP contribution in [0.4, 0.5) is 0 Å². The Balaban J connectivity index is 1.87. The lowest BCUT2D eigenvalue weighted by molar-refractivity contribution is -0.137. The number of rotatable bonds is 7. The molecule has 0 spiro atoms. The zero-order chi connectivity index (χ0) is 29.5. The maximum Gasteiger partial charge on any atom is 0.338 e. The number of aromatic hydroxyl groups is 7. The van der Waals surface area contributed by atoms with Crippen molar-refractivity contribution < 1.29 is 59.9 Å². The Bertz CT molecular complexity index is 1450. The van der Waals surface area contributed by atoms with Crippen molar-refractivity contribution in [3.63, 3.8) is 0 Å². The molecule has 0 amide bonds. The molecule has 0 aromatic heterocycles. The Labute approximate surface area is 230 Å². The fourth-order valence-corrected chi connectivity index (χ4v) is 5.56. The monoisotopic (exact) mass is 575 g/mol. The predicted molar refractivity (Wildman–Crippen MR) is 139 cm³/mol. The SMILES string of the molecule is Cc1cc(C(=O)O[C@H]2[C@@H](c3cc(O)c(O)c(O)c3)Oc3cc(O)cc(O)c3[C@@H]2SC[C@H](N)C(=O)O)cc(O)c1O. The molecule has 1 aliphatic rings. The van der Waals surface area contributed by atoms with Crippen LogP contribution in [0.2, 0.25) is 0 Å². The maximum absolute atomic E-state index is 13.3. The number of aliphatic carboxylic acids is 1. The van der Waals surface area contributed by atoms with E-state index in [0.717, 1.165) is 42.1 Å². The summed E-state index contributed by atoms with van der Waals surface area (Å²) >= 11 is 0.892. The van der Waals surface area contributed by atoms with Gasteiger partial charge in [0.2, 0.25) is 0 Å². The van der Waals surface area contributed by atoms with Crippen molar-refractivity contribution in [2.75, 3.05) is 5.75 Å². The number of thioether (sulfide) groups is 1. The number of carbonyl (C=O) groups is 2. The van der Waals surface area contributed by atoms with E-state index in [2.05, 4.69) is 0 Å². The first-order valence-corrected chi connectivity index (χ1v) is 12.6. The third-order valence-electron chi connectivity index (χ3n) is 6.19. The second-order valence-electron chi connectivity index (χ2n) is 9.05. The molecule has 1 heterocycles. The van der Waals surface area contributed by atoms with Gasteiger partial charge in [-0.2, -0.15) is 0 Å². The smallest absolute Gasteiger partial charge is 0.338 e. The second-order valence-corrected chi connectivity index (χ2v) is 10.2. The van der Waals surface area contributed by atoms with E-state index in [4.69, 9.17) is 15.2 Å². The van der Waals surface area contributed by atoms with Gasteiger partial charge in [0.15, 0.2) is 41.0 Å². The molecule has 10 N–H and O–H groups in total. The van der Waals surface area contributed by atoms with E-state index in [1.54, 1.807) is 0 Å². The van der Waals surface area contributed by atoms with Crippen LogP contribution < -0.4 is 10.5 Å². The molecule has 0 unspecified atom stereocenters. The Hall–Kier alpha value is -4.69. The van der Waals surface area contributed by atoms with Gasteiger partial charge in [0.25, 0.3) is 0 Å². The summed E-state index contributed by atoms with van der Waals surface area (Å²) < 4.78 is 11.8. The Morgan fingerprint density at radius 1 is 0.925 bits per heavy atom. The van der Waals surface area contributed by atoms with Crippen LogP contribution in [0.25, 0.3) is 0 Å². The summed E-state index contributed by atoms with van der Waals surface area (Å²) in [7, 11) is 0. The zero-order valence-corrected chi connectivity index (χ0v) is 21.5. The quantitative estimate of drug-likeness (QED) is 0.145. The molecule has 1 aliphatic heterocycles. The fourth-order valence-electron chi connectivity index (χ4n) is 4.21. The van der Waals surface area contributed by atoms with E-state index in [1.165, 1.54) is 13.0 Å². The lowest BCUT2D eigenvalue weighted by Crippen LogP contribution is -2.39. The van der Waals surface area contributed by atoms with Crippen LogP contribution in [0.1, 0.15) is 38.4 Å². The number of ether oxygens (including phenoxy) is 2. The van der Waals surface area contributed by atoms with Crippen molar-refractivity contribution in [1.29, 1.82) is 0 Å². The number of esters is 1. The minimum absolute atomic E-state index is 0.00282. The average Bonchev–Trinajstić information content (AvgIpc) is 2.88. The second kappa shape index (κ2) is 10.8. The molecule has 0 radical (unpaired) electrons. The number of hydrogen-bond donors (Lipinski definition) is 9. The van der Waals surface area contributed by atoms with Crippen molar-refractivity contribution >= 4 is 23.7 Å². The van der Waals surface area contributed by atoms with Gasteiger partial charge in [0.05, 0.1) is 16.4 Å². The number of hydrogen-bond acceptors (Lipinski definition) is 13. The third kappa shape index (κ3) is 5.39. The summed E-state index contributed by atoms with van der Waals surface area (Å²) in [6.45, 7) is 1.44. The van der Waals surface area contributed by atoms with Crippen LogP contribution in [0, 0.1) is 6.92 Å². The topological polar surface area (TPSA) is 240 Å². The van der Waals surface area contributed by atoms with Crippen molar-refractivity contribution in [2.24, 2.45) is 5.73 Å². The van der Waals surface area contributed by atoms with E-state index in [1.807, 2.05) is 0 Å². The third-order valence-corrected chi connectivity index (χ3v) is 7.61. The van der Waals surface area contributed by atoms with Gasteiger partial charge in [-0.3, -0.25) is 4.79 Å². The van der Waals surface area contributed by atoms with Crippen molar-refractivity contribution in [3.05, 3.63) is 58.7 Å².